The zero-order valence-electron chi connectivity index (χ0n) is 13.5. The van der Waals surface area contributed by atoms with Crippen molar-refractivity contribution in [3.05, 3.63) is 52.3 Å². The zero-order chi connectivity index (χ0) is 16.2. The molecule has 1 fully saturated rings. The first-order valence-electron chi connectivity index (χ1n) is 8.18. The van der Waals surface area contributed by atoms with Crippen LogP contribution in [0, 0.1) is 0 Å². The second-order valence-electron chi connectivity index (χ2n) is 6.39. The van der Waals surface area contributed by atoms with E-state index in [1.54, 1.807) is 6.20 Å². The SMILES string of the molecule is C[C@@H](CN1CCC[C@H](c2ccnc(N)n2)C1)c1cccc(Br)c1. The zero-order valence-corrected chi connectivity index (χ0v) is 15.0. The Bertz CT molecular complexity index is 659. The van der Waals surface area contributed by atoms with Gasteiger partial charge in [-0.3, -0.25) is 0 Å². The Kier molecular flexibility index (Phi) is 5.28. The lowest BCUT2D eigenvalue weighted by Gasteiger charge is -2.34. The quantitative estimate of drug-likeness (QED) is 0.883. The van der Waals surface area contributed by atoms with Gasteiger partial charge in [0, 0.05) is 29.7 Å². The van der Waals surface area contributed by atoms with E-state index in [0.29, 0.717) is 17.8 Å². The third-order valence-corrected chi connectivity index (χ3v) is 5.06. The number of aromatic nitrogens is 2. The smallest absolute Gasteiger partial charge is 0.220 e. The Morgan fingerprint density at radius 1 is 1.39 bits per heavy atom. The predicted octanol–water partition coefficient (Wildman–Crippen LogP) is 3.80. The number of halogens is 1. The molecule has 0 radical (unpaired) electrons. The number of nitrogens with zero attached hydrogens (tertiary/aromatic N) is 3. The fraction of sp³-hybridized carbons (Fsp3) is 0.444. The standard InChI is InChI=1S/C18H23BrN4/c1-13(14-4-2-6-16(19)10-14)11-23-9-3-5-15(12-23)17-7-8-21-18(20)22-17/h2,4,6-8,10,13,15H,3,5,9,11-12H2,1H3,(H2,20,21,22)/t13-,15-/m0/s1. The highest BCUT2D eigenvalue weighted by atomic mass is 79.9. The minimum absolute atomic E-state index is 0.377. The molecule has 0 spiro atoms. The number of piperidine rings is 1. The number of likely N-dealkylation sites (tertiary alicyclic amines) is 1. The van der Waals surface area contributed by atoms with Gasteiger partial charge in [-0.05, 0) is 49.1 Å². The van der Waals surface area contributed by atoms with Gasteiger partial charge < -0.3 is 10.6 Å². The molecule has 0 unspecified atom stereocenters. The average molecular weight is 375 g/mol. The first kappa shape index (κ1) is 16.4. The molecule has 1 aromatic carbocycles. The number of nitrogens with two attached hydrogens (primary N) is 1. The maximum atomic E-state index is 5.73. The van der Waals surface area contributed by atoms with E-state index in [-0.39, 0.29) is 0 Å². The van der Waals surface area contributed by atoms with Crippen LogP contribution in [0.3, 0.4) is 0 Å². The number of benzene rings is 1. The van der Waals surface area contributed by atoms with Crippen molar-refractivity contribution in [2.75, 3.05) is 25.4 Å². The van der Waals surface area contributed by atoms with Gasteiger partial charge in [0.1, 0.15) is 0 Å². The maximum Gasteiger partial charge on any atom is 0.220 e. The topological polar surface area (TPSA) is 55.0 Å². The van der Waals surface area contributed by atoms with E-state index in [2.05, 4.69) is 62.0 Å². The fourth-order valence-corrected chi connectivity index (χ4v) is 3.80. The molecule has 0 aliphatic carbocycles. The summed E-state index contributed by atoms with van der Waals surface area (Å²) in [6.45, 7) is 5.59. The number of rotatable bonds is 4. The van der Waals surface area contributed by atoms with Crippen molar-refractivity contribution in [3.63, 3.8) is 0 Å². The molecule has 1 aliphatic rings. The molecule has 2 aromatic rings. The second kappa shape index (κ2) is 7.41. The van der Waals surface area contributed by atoms with Gasteiger partial charge in [-0.1, -0.05) is 35.0 Å². The number of hydrogen-bond donors (Lipinski definition) is 1. The Labute approximate surface area is 146 Å². The van der Waals surface area contributed by atoms with Crippen molar-refractivity contribution >= 4 is 21.9 Å². The molecule has 0 saturated carbocycles. The van der Waals surface area contributed by atoms with Gasteiger partial charge in [0.25, 0.3) is 0 Å². The molecule has 2 N–H and O–H groups in total. The molecule has 4 nitrogen and oxygen atoms in total. The third-order valence-electron chi connectivity index (χ3n) is 4.57. The number of anilines is 1. The summed E-state index contributed by atoms with van der Waals surface area (Å²) in [5, 5.41) is 0. The van der Waals surface area contributed by atoms with Crippen LogP contribution in [0.15, 0.2) is 41.0 Å². The van der Waals surface area contributed by atoms with Crippen LogP contribution in [-0.2, 0) is 0 Å². The molecule has 3 rings (SSSR count). The van der Waals surface area contributed by atoms with Crippen LogP contribution >= 0.6 is 15.9 Å². The van der Waals surface area contributed by atoms with Crippen molar-refractivity contribution < 1.29 is 0 Å². The minimum atomic E-state index is 0.377. The van der Waals surface area contributed by atoms with E-state index in [9.17, 15) is 0 Å². The van der Waals surface area contributed by atoms with Gasteiger partial charge in [-0.15, -0.1) is 0 Å². The summed E-state index contributed by atoms with van der Waals surface area (Å²) in [5.74, 6) is 1.35. The highest BCUT2D eigenvalue weighted by molar-refractivity contribution is 9.10. The molecule has 1 saturated heterocycles. The lowest BCUT2D eigenvalue weighted by Crippen LogP contribution is -2.37. The monoisotopic (exact) mass is 374 g/mol. The summed E-state index contributed by atoms with van der Waals surface area (Å²) in [5.41, 5.74) is 8.19. The molecule has 2 heterocycles. The summed E-state index contributed by atoms with van der Waals surface area (Å²) in [4.78, 5) is 11.0. The first-order valence-corrected chi connectivity index (χ1v) is 8.97. The number of hydrogen-bond acceptors (Lipinski definition) is 4. The van der Waals surface area contributed by atoms with Crippen LogP contribution < -0.4 is 5.73 Å². The normalized spacial score (nSPS) is 20.3. The van der Waals surface area contributed by atoms with Crippen LogP contribution in [0.2, 0.25) is 0 Å². The molecular weight excluding hydrogens is 352 g/mol. The largest absolute Gasteiger partial charge is 0.368 e. The molecule has 0 bridgehead atoms. The summed E-state index contributed by atoms with van der Waals surface area (Å²) < 4.78 is 1.15. The molecule has 5 heteroatoms. The van der Waals surface area contributed by atoms with Crippen LogP contribution in [-0.4, -0.2) is 34.5 Å². The van der Waals surface area contributed by atoms with Crippen LogP contribution in [0.1, 0.15) is 42.9 Å². The Hall–Kier alpha value is -1.46. The van der Waals surface area contributed by atoms with Gasteiger partial charge in [0.15, 0.2) is 0 Å². The maximum absolute atomic E-state index is 5.73. The third kappa shape index (κ3) is 4.30. The van der Waals surface area contributed by atoms with Crippen molar-refractivity contribution in [2.45, 2.75) is 31.6 Å². The van der Waals surface area contributed by atoms with E-state index in [0.717, 1.165) is 29.8 Å². The van der Waals surface area contributed by atoms with E-state index < -0.39 is 0 Å². The van der Waals surface area contributed by atoms with Crippen molar-refractivity contribution in [1.29, 1.82) is 0 Å². The van der Waals surface area contributed by atoms with Crippen molar-refractivity contribution in [3.8, 4) is 0 Å². The minimum Gasteiger partial charge on any atom is -0.368 e. The molecule has 23 heavy (non-hydrogen) atoms. The molecule has 1 aromatic heterocycles. The summed E-state index contributed by atoms with van der Waals surface area (Å²) in [6.07, 6.45) is 4.15. The second-order valence-corrected chi connectivity index (χ2v) is 7.31. The molecule has 0 amide bonds. The molecule has 122 valence electrons. The van der Waals surface area contributed by atoms with Crippen molar-refractivity contribution in [1.82, 2.24) is 14.9 Å². The summed E-state index contributed by atoms with van der Waals surface area (Å²) in [7, 11) is 0. The van der Waals surface area contributed by atoms with Crippen LogP contribution in [0.5, 0.6) is 0 Å². The van der Waals surface area contributed by atoms with Gasteiger partial charge in [-0.25, -0.2) is 9.97 Å². The Morgan fingerprint density at radius 2 is 2.26 bits per heavy atom. The summed E-state index contributed by atoms with van der Waals surface area (Å²) in [6, 6.07) is 10.6. The van der Waals surface area contributed by atoms with E-state index in [1.165, 1.54) is 18.4 Å². The lowest BCUT2D eigenvalue weighted by molar-refractivity contribution is 0.197. The number of nitrogen functional groups attached to an aromatic ring is 1. The van der Waals surface area contributed by atoms with E-state index >= 15 is 0 Å². The van der Waals surface area contributed by atoms with Gasteiger partial charge >= 0.3 is 0 Å². The lowest BCUT2D eigenvalue weighted by atomic mass is 9.93. The predicted molar refractivity (Wildman–Crippen MR) is 97.4 cm³/mol. The van der Waals surface area contributed by atoms with Gasteiger partial charge in [0.2, 0.25) is 5.95 Å². The molecule has 1 aliphatic heterocycles. The van der Waals surface area contributed by atoms with E-state index in [4.69, 9.17) is 5.73 Å². The average Bonchev–Trinajstić information content (AvgIpc) is 2.55. The van der Waals surface area contributed by atoms with Gasteiger partial charge in [-0.2, -0.15) is 0 Å². The highest BCUT2D eigenvalue weighted by Gasteiger charge is 2.24. The van der Waals surface area contributed by atoms with Crippen molar-refractivity contribution in [2.24, 2.45) is 0 Å². The Balaban J connectivity index is 1.64. The highest BCUT2D eigenvalue weighted by Crippen LogP contribution is 2.28. The van der Waals surface area contributed by atoms with Crippen LogP contribution in [0.25, 0.3) is 0 Å². The molecule has 2 atom stereocenters. The van der Waals surface area contributed by atoms with Gasteiger partial charge in [0.05, 0.1) is 5.69 Å². The first-order chi connectivity index (χ1) is 11.1. The summed E-state index contributed by atoms with van der Waals surface area (Å²) >= 11 is 3.56. The Morgan fingerprint density at radius 3 is 3.04 bits per heavy atom. The molecular formula is C18H23BrN4. The van der Waals surface area contributed by atoms with Crippen LogP contribution in [0.4, 0.5) is 5.95 Å². The fourth-order valence-electron chi connectivity index (χ4n) is 3.38. The van der Waals surface area contributed by atoms with E-state index in [1.807, 2.05) is 6.07 Å².